The van der Waals surface area contributed by atoms with Gasteiger partial charge >= 0.3 is 0 Å². The van der Waals surface area contributed by atoms with Crippen LogP contribution in [0.4, 0.5) is 0 Å². The highest BCUT2D eigenvalue weighted by molar-refractivity contribution is 9.10. The molecular weight excluding hydrogens is 367 g/mol. The Kier molecular flexibility index (Phi) is 5.07. The molecule has 0 aliphatic heterocycles. The predicted octanol–water partition coefficient (Wildman–Crippen LogP) is 6.97. The van der Waals surface area contributed by atoms with Crippen molar-refractivity contribution in [3.8, 4) is 0 Å². The average Bonchev–Trinajstić information content (AvgIpc) is 2.42. The van der Waals surface area contributed by atoms with Crippen molar-refractivity contribution in [3.05, 3.63) is 66.6 Å². The molecular formula is C18H19BrCl2. The molecule has 2 aromatic carbocycles. The molecule has 0 saturated carbocycles. The third-order valence-corrected chi connectivity index (χ3v) is 5.64. The molecule has 1 unspecified atom stereocenters. The average molecular weight is 386 g/mol. The third kappa shape index (κ3) is 3.16. The molecule has 0 heterocycles. The van der Waals surface area contributed by atoms with Crippen molar-refractivity contribution in [2.75, 3.05) is 0 Å². The van der Waals surface area contributed by atoms with E-state index in [4.69, 9.17) is 23.2 Å². The summed E-state index contributed by atoms with van der Waals surface area (Å²) in [7, 11) is 0. The first kappa shape index (κ1) is 16.9. The summed E-state index contributed by atoms with van der Waals surface area (Å²) in [4.78, 5) is 0. The zero-order chi connectivity index (χ0) is 15.9. The molecule has 0 aliphatic rings. The van der Waals surface area contributed by atoms with Crippen LogP contribution in [0.2, 0.25) is 5.02 Å². The second-order valence-corrected chi connectivity index (χ2v) is 7.39. The van der Waals surface area contributed by atoms with Crippen LogP contribution in [0.25, 0.3) is 0 Å². The number of halogens is 3. The standard InChI is InChI=1S/C18H19BrCl2/c1-9-10(2)12(4)17(13(5)11(9)3)18(21)14-6-15(19)8-16(20)7-14/h6-8,18H,1-5H3. The summed E-state index contributed by atoms with van der Waals surface area (Å²) >= 11 is 16.5. The zero-order valence-corrected chi connectivity index (χ0v) is 16.0. The van der Waals surface area contributed by atoms with Gasteiger partial charge in [-0.25, -0.2) is 0 Å². The van der Waals surface area contributed by atoms with E-state index in [1.54, 1.807) is 0 Å². The summed E-state index contributed by atoms with van der Waals surface area (Å²) in [6.45, 7) is 10.8. The van der Waals surface area contributed by atoms with E-state index < -0.39 is 0 Å². The van der Waals surface area contributed by atoms with Gasteiger partial charge < -0.3 is 0 Å². The van der Waals surface area contributed by atoms with Crippen LogP contribution in [0.15, 0.2) is 22.7 Å². The van der Waals surface area contributed by atoms with Crippen LogP contribution in [0.5, 0.6) is 0 Å². The molecule has 0 fully saturated rings. The highest BCUT2D eigenvalue weighted by Gasteiger charge is 2.20. The molecule has 0 saturated heterocycles. The Labute approximate surface area is 145 Å². The van der Waals surface area contributed by atoms with E-state index in [1.807, 2.05) is 18.2 Å². The number of hydrogen-bond acceptors (Lipinski definition) is 0. The maximum atomic E-state index is 6.80. The normalized spacial score (nSPS) is 12.6. The van der Waals surface area contributed by atoms with Gasteiger partial charge in [0.25, 0.3) is 0 Å². The maximum Gasteiger partial charge on any atom is 0.0841 e. The fourth-order valence-electron chi connectivity index (χ4n) is 2.80. The molecule has 2 rings (SSSR count). The van der Waals surface area contributed by atoms with Crippen molar-refractivity contribution >= 4 is 39.1 Å². The van der Waals surface area contributed by atoms with Crippen molar-refractivity contribution in [2.45, 2.75) is 40.0 Å². The lowest BCUT2D eigenvalue weighted by Crippen LogP contribution is -2.06. The Balaban J connectivity index is 2.66. The smallest absolute Gasteiger partial charge is 0.0841 e. The molecule has 3 heteroatoms. The molecule has 112 valence electrons. The van der Waals surface area contributed by atoms with Gasteiger partial charge in [0.1, 0.15) is 0 Å². The molecule has 2 aromatic rings. The summed E-state index contributed by atoms with van der Waals surface area (Å²) in [5, 5.41) is 0.499. The van der Waals surface area contributed by atoms with Gasteiger partial charge in [0, 0.05) is 9.50 Å². The lowest BCUT2D eigenvalue weighted by atomic mass is 9.86. The van der Waals surface area contributed by atoms with E-state index in [1.165, 1.54) is 33.4 Å². The van der Waals surface area contributed by atoms with Crippen LogP contribution in [0.1, 0.15) is 44.3 Å². The minimum atomic E-state index is -0.196. The van der Waals surface area contributed by atoms with Gasteiger partial charge in [-0.05, 0) is 91.8 Å². The van der Waals surface area contributed by atoms with Crippen molar-refractivity contribution in [1.82, 2.24) is 0 Å². The Morgan fingerprint density at radius 2 is 1.29 bits per heavy atom. The molecule has 21 heavy (non-hydrogen) atoms. The lowest BCUT2D eigenvalue weighted by molar-refractivity contribution is 1.04. The van der Waals surface area contributed by atoms with Crippen LogP contribution in [0, 0.1) is 34.6 Å². The minimum absolute atomic E-state index is 0.196. The van der Waals surface area contributed by atoms with Gasteiger partial charge in [-0.3, -0.25) is 0 Å². The Hall–Kier alpha value is -0.500. The van der Waals surface area contributed by atoms with E-state index in [0.29, 0.717) is 5.02 Å². The number of hydrogen-bond donors (Lipinski definition) is 0. The van der Waals surface area contributed by atoms with Crippen LogP contribution >= 0.6 is 39.1 Å². The van der Waals surface area contributed by atoms with Gasteiger partial charge in [0.15, 0.2) is 0 Å². The van der Waals surface area contributed by atoms with Crippen molar-refractivity contribution in [2.24, 2.45) is 0 Å². The van der Waals surface area contributed by atoms with Crippen LogP contribution in [-0.4, -0.2) is 0 Å². The lowest BCUT2D eigenvalue weighted by Gasteiger charge is -2.22. The monoisotopic (exact) mass is 384 g/mol. The van der Waals surface area contributed by atoms with E-state index in [9.17, 15) is 0 Å². The largest absolute Gasteiger partial charge is 0.113 e. The number of alkyl halides is 1. The van der Waals surface area contributed by atoms with E-state index in [0.717, 1.165) is 10.0 Å². The maximum absolute atomic E-state index is 6.80. The Morgan fingerprint density at radius 1 is 0.810 bits per heavy atom. The molecule has 0 radical (unpaired) electrons. The Morgan fingerprint density at radius 3 is 1.76 bits per heavy atom. The van der Waals surface area contributed by atoms with Gasteiger partial charge in [-0.15, -0.1) is 11.6 Å². The number of benzene rings is 2. The van der Waals surface area contributed by atoms with Crippen molar-refractivity contribution in [1.29, 1.82) is 0 Å². The third-order valence-electron chi connectivity index (χ3n) is 4.49. The highest BCUT2D eigenvalue weighted by atomic mass is 79.9. The fraction of sp³-hybridized carbons (Fsp3) is 0.333. The zero-order valence-electron chi connectivity index (χ0n) is 12.9. The minimum Gasteiger partial charge on any atom is -0.113 e. The summed E-state index contributed by atoms with van der Waals surface area (Å²) in [5.74, 6) is 0. The second-order valence-electron chi connectivity index (χ2n) is 5.60. The molecule has 0 spiro atoms. The molecule has 0 nitrogen and oxygen atoms in total. The fourth-order valence-corrected chi connectivity index (χ4v) is 4.14. The molecule has 0 amide bonds. The molecule has 1 atom stereocenters. The van der Waals surface area contributed by atoms with Gasteiger partial charge in [-0.2, -0.15) is 0 Å². The van der Waals surface area contributed by atoms with Crippen molar-refractivity contribution < 1.29 is 0 Å². The summed E-state index contributed by atoms with van der Waals surface area (Å²) in [6.07, 6.45) is 0. The predicted molar refractivity (Wildman–Crippen MR) is 97.0 cm³/mol. The van der Waals surface area contributed by atoms with E-state index in [2.05, 4.69) is 50.5 Å². The first-order chi connectivity index (χ1) is 9.73. The van der Waals surface area contributed by atoms with E-state index >= 15 is 0 Å². The molecule has 0 N–H and O–H groups in total. The second kappa shape index (κ2) is 6.32. The quantitative estimate of drug-likeness (QED) is 0.489. The van der Waals surface area contributed by atoms with Gasteiger partial charge in [-0.1, -0.05) is 27.5 Å². The van der Waals surface area contributed by atoms with Crippen LogP contribution < -0.4 is 0 Å². The topological polar surface area (TPSA) is 0 Å². The molecule has 0 aliphatic carbocycles. The summed E-state index contributed by atoms with van der Waals surface area (Å²) in [5.41, 5.74) is 8.75. The van der Waals surface area contributed by atoms with E-state index in [-0.39, 0.29) is 5.38 Å². The molecule has 0 aromatic heterocycles. The molecule has 0 bridgehead atoms. The van der Waals surface area contributed by atoms with Crippen LogP contribution in [0.3, 0.4) is 0 Å². The van der Waals surface area contributed by atoms with Crippen LogP contribution in [-0.2, 0) is 0 Å². The first-order valence-electron chi connectivity index (χ1n) is 6.91. The van der Waals surface area contributed by atoms with Crippen molar-refractivity contribution in [3.63, 3.8) is 0 Å². The van der Waals surface area contributed by atoms with Gasteiger partial charge in [0.05, 0.1) is 5.38 Å². The summed E-state index contributed by atoms with van der Waals surface area (Å²) < 4.78 is 0.950. The number of rotatable bonds is 2. The summed E-state index contributed by atoms with van der Waals surface area (Å²) in [6, 6.07) is 5.85. The Bertz CT molecular complexity index is 656. The first-order valence-corrected chi connectivity index (χ1v) is 8.51. The highest BCUT2D eigenvalue weighted by Crippen LogP contribution is 2.39. The SMILES string of the molecule is Cc1c(C)c(C)c(C(Cl)c2cc(Cl)cc(Br)c2)c(C)c1C. The van der Waals surface area contributed by atoms with Gasteiger partial charge in [0.2, 0.25) is 0 Å².